The summed E-state index contributed by atoms with van der Waals surface area (Å²) in [4.78, 5) is 52.6. The van der Waals surface area contributed by atoms with Crippen LogP contribution in [0.1, 0.15) is 49.3 Å². The normalized spacial score (nSPS) is 29.5. The second kappa shape index (κ2) is 10.8. The molecule has 6 unspecified atom stereocenters. The van der Waals surface area contributed by atoms with E-state index in [1.807, 2.05) is 6.92 Å². The van der Waals surface area contributed by atoms with Gasteiger partial charge < -0.3 is 36.0 Å². The largest absolute Gasteiger partial charge is 0.508 e. The summed E-state index contributed by atoms with van der Waals surface area (Å²) in [5, 5.41) is 56.8. The van der Waals surface area contributed by atoms with E-state index in [0.717, 1.165) is 12.5 Å². The van der Waals surface area contributed by atoms with Crippen LogP contribution in [-0.2, 0) is 23.9 Å². The van der Waals surface area contributed by atoms with Crippen molar-refractivity contribution in [1.29, 1.82) is 0 Å². The van der Waals surface area contributed by atoms with Crippen LogP contribution in [0.4, 0.5) is 0 Å². The van der Waals surface area contributed by atoms with E-state index in [1.54, 1.807) is 13.0 Å². The van der Waals surface area contributed by atoms with Crippen LogP contribution >= 0.6 is 0 Å². The number of amides is 1. The van der Waals surface area contributed by atoms with Gasteiger partial charge in [-0.15, -0.1) is 0 Å². The lowest BCUT2D eigenvalue weighted by Crippen LogP contribution is -2.70. The molecule has 12 nitrogen and oxygen atoms in total. The van der Waals surface area contributed by atoms with E-state index in [-0.39, 0.29) is 17.7 Å². The lowest BCUT2D eigenvalue weighted by molar-refractivity contribution is -0.169. The smallest absolute Gasteiger partial charge is 0.330 e. The topological polar surface area (TPSA) is 208 Å². The van der Waals surface area contributed by atoms with Crippen molar-refractivity contribution in [3.8, 4) is 5.75 Å². The number of ketones is 2. The highest BCUT2D eigenvalue weighted by Crippen LogP contribution is 2.56. The maximum absolute atomic E-state index is 14.0. The predicted molar refractivity (Wildman–Crippen MR) is 145 cm³/mol. The molecule has 12 heteroatoms. The van der Waals surface area contributed by atoms with Gasteiger partial charge in [-0.25, -0.2) is 4.79 Å². The van der Waals surface area contributed by atoms with Gasteiger partial charge in [0.1, 0.15) is 22.8 Å². The summed E-state index contributed by atoms with van der Waals surface area (Å²) in [5.41, 5.74) is 1.17. The predicted octanol–water partition coefficient (Wildman–Crippen LogP) is 0.852. The maximum Gasteiger partial charge on any atom is 0.330 e. The fourth-order valence-electron chi connectivity index (χ4n) is 6.29. The minimum Gasteiger partial charge on any atom is -0.508 e. The number of carbonyl (C=O) groups excluding carboxylic acids is 4. The first-order valence-electron chi connectivity index (χ1n) is 13.2. The first-order chi connectivity index (χ1) is 19.2. The molecule has 1 amide bonds. The molecule has 0 aromatic heterocycles. The number of primary amides is 1. The van der Waals surface area contributed by atoms with Crippen LogP contribution in [0.2, 0.25) is 0 Å². The number of aliphatic hydroxyl groups is 4. The van der Waals surface area contributed by atoms with E-state index in [9.17, 15) is 44.7 Å². The van der Waals surface area contributed by atoms with Crippen LogP contribution in [0, 0.1) is 11.8 Å². The second-order valence-electron chi connectivity index (χ2n) is 10.9. The third-order valence-corrected chi connectivity index (χ3v) is 8.30. The number of aliphatic hydroxyl groups excluding tert-OH is 3. The van der Waals surface area contributed by atoms with Crippen LogP contribution in [0.3, 0.4) is 0 Å². The molecule has 1 aromatic rings. The Bertz CT molecular complexity index is 1420. The standard InChI is InChI=1S/C29H34N2O10/c1-5-6-11-41-15(32)10-8-13-7-9-14-12(2)16-18(23(34)17(14)22(13)33)26(37)29(40)20(24(16)35)21(31(3)4)25(36)19(27(29)38)28(30)39/h7-10,12,16,20-21,24,33-35,38,40H,5-6,11H2,1-4H3,(H2,30,39)/b10-8+. The highest BCUT2D eigenvalue weighted by atomic mass is 16.5. The number of esters is 1. The summed E-state index contributed by atoms with van der Waals surface area (Å²) in [6.45, 7) is 3.81. The third kappa shape index (κ3) is 4.42. The van der Waals surface area contributed by atoms with E-state index in [4.69, 9.17) is 10.5 Å². The molecule has 6 atom stereocenters. The van der Waals surface area contributed by atoms with Crippen molar-refractivity contribution in [2.45, 2.75) is 50.4 Å². The van der Waals surface area contributed by atoms with Gasteiger partial charge in [0.25, 0.3) is 5.91 Å². The molecule has 0 heterocycles. The number of rotatable bonds is 7. The number of phenolic OH excluding ortho intramolecular Hbond substituents is 1. The van der Waals surface area contributed by atoms with Crippen LogP contribution in [0.5, 0.6) is 5.75 Å². The molecule has 0 radical (unpaired) electrons. The van der Waals surface area contributed by atoms with Crippen molar-refractivity contribution < 1.29 is 49.4 Å². The second-order valence-corrected chi connectivity index (χ2v) is 10.9. The van der Waals surface area contributed by atoms with Crippen LogP contribution < -0.4 is 5.73 Å². The molecule has 1 aromatic carbocycles. The molecule has 0 bridgehead atoms. The lowest BCUT2D eigenvalue weighted by atomic mass is 9.54. The van der Waals surface area contributed by atoms with E-state index >= 15 is 0 Å². The monoisotopic (exact) mass is 570 g/mol. The molecule has 0 spiro atoms. The van der Waals surface area contributed by atoms with Crippen LogP contribution in [0.15, 0.2) is 35.1 Å². The molecule has 7 N–H and O–H groups in total. The van der Waals surface area contributed by atoms with Crippen molar-refractivity contribution in [2.75, 3.05) is 20.7 Å². The third-order valence-electron chi connectivity index (χ3n) is 8.30. The molecular formula is C29H34N2O10. The Morgan fingerprint density at radius 2 is 1.83 bits per heavy atom. The first kappa shape index (κ1) is 30.0. The maximum atomic E-state index is 14.0. The zero-order valence-electron chi connectivity index (χ0n) is 23.1. The number of fused-ring (bicyclic) bond motifs is 3. The molecule has 41 heavy (non-hydrogen) atoms. The number of likely N-dealkylation sites (N-methyl/N-ethyl adjacent to an activating group) is 1. The van der Waals surface area contributed by atoms with Crippen LogP contribution in [-0.4, -0.2) is 92.3 Å². The Balaban J connectivity index is 1.89. The number of unbranched alkanes of at least 4 members (excludes halogenated alkanes) is 1. The molecule has 3 aliphatic rings. The quantitative estimate of drug-likeness (QED) is 0.117. The number of benzene rings is 1. The molecule has 4 rings (SSSR count). The molecular weight excluding hydrogens is 536 g/mol. The van der Waals surface area contributed by atoms with Crippen molar-refractivity contribution in [1.82, 2.24) is 4.90 Å². The summed E-state index contributed by atoms with van der Waals surface area (Å²) < 4.78 is 5.07. The number of nitrogens with two attached hydrogens (primary N) is 1. The van der Waals surface area contributed by atoms with Crippen LogP contribution in [0.25, 0.3) is 11.8 Å². The Hall–Kier alpha value is -4.00. The Kier molecular flexibility index (Phi) is 7.87. The number of hydrogen-bond acceptors (Lipinski definition) is 11. The van der Waals surface area contributed by atoms with Gasteiger partial charge in [-0.2, -0.15) is 0 Å². The number of nitrogens with zero attached hydrogens (tertiary/aromatic N) is 1. The van der Waals surface area contributed by atoms with E-state index in [2.05, 4.69) is 0 Å². The van der Waals surface area contributed by atoms with Gasteiger partial charge in [-0.1, -0.05) is 32.4 Å². The number of Topliss-reactive ketones (excluding diaryl/α,β-unsaturated/α-hetero) is 2. The van der Waals surface area contributed by atoms with Gasteiger partial charge in [-0.3, -0.25) is 19.3 Å². The molecule has 220 valence electrons. The summed E-state index contributed by atoms with van der Waals surface area (Å²) in [6, 6.07) is 1.63. The summed E-state index contributed by atoms with van der Waals surface area (Å²) in [5.74, 6) is -10.3. The minimum atomic E-state index is -2.99. The Labute approximate surface area is 236 Å². The number of carbonyl (C=O) groups is 4. The fraction of sp³-hybridized carbons (Fsp3) is 0.448. The average Bonchev–Trinajstić information content (AvgIpc) is 2.90. The van der Waals surface area contributed by atoms with Gasteiger partial charge in [-0.05, 0) is 38.1 Å². The lowest BCUT2D eigenvalue weighted by Gasteiger charge is -2.53. The molecule has 0 aliphatic heterocycles. The minimum absolute atomic E-state index is 0.115. The number of phenols is 1. The molecule has 0 saturated heterocycles. The van der Waals surface area contributed by atoms with Gasteiger partial charge in [0.2, 0.25) is 5.78 Å². The average molecular weight is 571 g/mol. The number of aromatic hydroxyl groups is 1. The van der Waals surface area contributed by atoms with Crippen molar-refractivity contribution in [3.05, 3.63) is 51.8 Å². The Morgan fingerprint density at radius 3 is 2.41 bits per heavy atom. The Morgan fingerprint density at radius 1 is 1.17 bits per heavy atom. The van der Waals surface area contributed by atoms with Gasteiger partial charge in [0.15, 0.2) is 11.4 Å². The fourth-order valence-corrected chi connectivity index (χ4v) is 6.29. The zero-order chi connectivity index (χ0) is 30.5. The van der Waals surface area contributed by atoms with E-state index < -0.39 is 87.4 Å². The van der Waals surface area contributed by atoms with Gasteiger partial charge in [0, 0.05) is 23.1 Å². The van der Waals surface area contributed by atoms with E-state index in [0.29, 0.717) is 12.0 Å². The molecule has 3 aliphatic carbocycles. The summed E-state index contributed by atoms with van der Waals surface area (Å²) in [6.07, 6.45) is 2.23. The van der Waals surface area contributed by atoms with Gasteiger partial charge in [0.05, 0.1) is 30.2 Å². The highest BCUT2D eigenvalue weighted by Gasteiger charge is 2.68. The van der Waals surface area contributed by atoms with E-state index in [1.165, 1.54) is 31.1 Å². The van der Waals surface area contributed by atoms with Gasteiger partial charge >= 0.3 is 5.97 Å². The summed E-state index contributed by atoms with van der Waals surface area (Å²) >= 11 is 0. The molecule has 1 fully saturated rings. The SMILES string of the molecule is CCCCOC(=O)/C=C/c1ccc2c(c1O)C(O)=C1C(=O)C3(O)C(O)=C(C(N)=O)C(=O)C(N(C)C)C3C(O)C1C2C. The number of ether oxygens (including phenoxy) is 1. The van der Waals surface area contributed by atoms with Crippen molar-refractivity contribution in [2.24, 2.45) is 17.6 Å². The first-order valence-corrected chi connectivity index (χ1v) is 13.2. The van der Waals surface area contributed by atoms with Crippen molar-refractivity contribution in [3.63, 3.8) is 0 Å². The summed E-state index contributed by atoms with van der Waals surface area (Å²) in [7, 11) is 2.88. The molecule has 1 saturated carbocycles. The zero-order valence-corrected chi connectivity index (χ0v) is 23.1. The highest BCUT2D eigenvalue weighted by molar-refractivity contribution is 6.24. The van der Waals surface area contributed by atoms with Crippen molar-refractivity contribution >= 4 is 35.3 Å². The number of hydrogen-bond donors (Lipinski definition) is 6.